The van der Waals surface area contributed by atoms with Crippen molar-refractivity contribution in [3.8, 4) is 28.7 Å². The molecule has 0 unspecified atom stereocenters. The van der Waals surface area contributed by atoms with E-state index in [4.69, 9.17) is 21.1 Å². The van der Waals surface area contributed by atoms with Crippen molar-refractivity contribution in [2.75, 3.05) is 24.7 Å². The first-order valence-electron chi connectivity index (χ1n) is 10.2. The summed E-state index contributed by atoms with van der Waals surface area (Å²) in [7, 11) is 0.560. The average Bonchev–Trinajstić information content (AvgIpc) is 3.43. The number of rotatable bonds is 9. The van der Waals surface area contributed by atoms with Crippen LogP contribution in [0.4, 0.5) is 5.95 Å². The standard InChI is InChI=1S/C21H22ClN7O5S/c1-28-10-9-15(26-28)20-24-25-21(29(20)19-17(33-2)5-4-6-18(19)34-3)27-35(31,32)12-16(30)14-8-7-13(22)11-23-14/h4-11,16,30H,12H2,1-3H3,(H,25,27)/t16-/m0/s1. The third-order valence-electron chi connectivity index (χ3n) is 4.95. The Morgan fingerprint density at radius 3 is 2.40 bits per heavy atom. The van der Waals surface area contributed by atoms with Gasteiger partial charge >= 0.3 is 0 Å². The molecule has 0 aliphatic carbocycles. The Kier molecular flexibility index (Phi) is 6.91. The fourth-order valence-corrected chi connectivity index (χ4v) is 4.56. The maximum atomic E-state index is 13.0. The highest BCUT2D eigenvalue weighted by atomic mass is 35.5. The molecule has 0 amide bonds. The van der Waals surface area contributed by atoms with Crippen molar-refractivity contribution in [3.63, 3.8) is 0 Å². The van der Waals surface area contributed by atoms with Crippen molar-refractivity contribution in [3.05, 3.63) is 59.5 Å². The monoisotopic (exact) mass is 519 g/mol. The Morgan fingerprint density at radius 1 is 1.11 bits per heavy atom. The Hall–Kier alpha value is -3.68. The van der Waals surface area contributed by atoms with Crippen molar-refractivity contribution < 1.29 is 23.0 Å². The SMILES string of the molecule is COc1cccc(OC)c1-n1c(NS(=O)(=O)C[C@H](O)c2ccc(Cl)cn2)nnc1-c1ccn(C)n1. The molecule has 3 aromatic heterocycles. The fraction of sp³-hybridized carbons (Fsp3) is 0.238. The lowest BCUT2D eigenvalue weighted by Crippen LogP contribution is -2.24. The summed E-state index contributed by atoms with van der Waals surface area (Å²) in [5.41, 5.74) is 0.950. The molecule has 4 rings (SSSR count). The number of halogens is 1. The maximum Gasteiger partial charge on any atom is 0.243 e. The van der Waals surface area contributed by atoms with Crippen LogP contribution in [-0.4, -0.2) is 63.0 Å². The number of sulfonamides is 1. The van der Waals surface area contributed by atoms with E-state index in [2.05, 4.69) is 25.0 Å². The number of nitrogens with zero attached hydrogens (tertiary/aromatic N) is 6. The minimum Gasteiger partial charge on any atom is -0.494 e. The highest BCUT2D eigenvalue weighted by molar-refractivity contribution is 7.92. The number of aryl methyl sites for hydroxylation is 1. The van der Waals surface area contributed by atoms with Crippen LogP contribution in [0.2, 0.25) is 5.02 Å². The van der Waals surface area contributed by atoms with E-state index in [9.17, 15) is 13.5 Å². The molecule has 0 aliphatic rings. The van der Waals surface area contributed by atoms with Gasteiger partial charge in [-0.25, -0.2) is 8.42 Å². The molecular weight excluding hydrogens is 498 g/mol. The van der Waals surface area contributed by atoms with Crippen LogP contribution in [0.5, 0.6) is 11.5 Å². The number of nitrogens with one attached hydrogen (secondary N) is 1. The molecule has 184 valence electrons. The first kappa shape index (κ1) is 24.4. The van der Waals surface area contributed by atoms with Crippen LogP contribution in [0.15, 0.2) is 48.8 Å². The highest BCUT2D eigenvalue weighted by Gasteiger charge is 2.27. The molecule has 35 heavy (non-hydrogen) atoms. The van der Waals surface area contributed by atoms with Crippen LogP contribution in [0, 0.1) is 0 Å². The molecule has 0 radical (unpaired) electrons. The number of aliphatic hydroxyl groups is 1. The second kappa shape index (κ2) is 9.90. The number of methoxy groups -OCH3 is 2. The van der Waals surface area contributed by atoms with Gasteiger partial charge in [0.2, 0.25) is 16.0 Å². The van der Waals surface area contributed by atoms with Crippen molar-refractivity contribution >= 4 is 27.6 Å². The number of pyridine rings is 1. The second-order valence-corrected chi connectivity index (χ2v) is 9.57. The summed E-state index contributed by atoms with van der Waals surface area (Å²) in [6.07, 6.45) is 1.63. The normalized spacial score (nSPS) is 12.4. The van der Waals surface area contributed by atoms with Gasteiger partial charge in [0.05, 0.1) is 24.9 Å². The van der Waals surface area contributed by atoms with Gasteiger partial charge in [-0.05, 0) is 30.3 Å². The average molecular weight is 520 g/mol. The fourth-order valence-electron chi connectivity index (χ4n) is 3.37. The van der Waals surface area contributed by atoms with E-state index in [1.54, 1.807) is 42.2 Å². The van der Waals surface area contributed by atoms with Gasteiger partial charge in [-0.3, -0.25) is 19.0 Å². The molecule has 3 heterocycles. The molecule has 0 fully saturated rings. The summed E-state index contributed by atoms with van der Waals surface area (Å²) in [6.45, 7) is 0. The van der Waals surface area contributed by atoms with Crippen LogP contribution >= 0.6 is 11.6 Å². The van der Waals surface area contributed by atoms with E-state index in [0.717, 1.165) is 0 Å². The first-order valence-corrected chi connectivity index (χ1v) is 12.2. The Morgan fingerprint density at radius 2 is 1.83 bits per heavy atom. The van der Waals surface area contributed by atoms with Crippen LogP contribution in [0.1, 0.15) is 11.8 Å². The Balaban J connectivity index is 1.77. The molecular formula is C21H22ClN7O5S. The quantitative estimate of drug-likeness (QED) is 0.339. The topological polar surface area (TPSA) is 146 Å². The summed E-state index contributed by atoms with van der Waals surface area (Å²) in [5.74, 6) is 0.173. The van der Waals surface area contributed by atoms with Crippen LogP contribution < -0.4 is 14.2 Å². The zero-order chi connectivity index (χ0) is 25.2. The van der Waals surface area contributed by atoms with E-state index in [-0.39, 0.29) is 17.5 Å². The number of aliphatic hydroxyl groups excluding tert-OH is 1. The number of para-hydroxylation sites is 1. The van der Waals surface area contributed by atoms with Crippen molar-refractivity contribution in [2.24, 2.45) is 7.05 Å². The van der Waals surface area contributed by atoms with Gasteiger partial charge in [-0.15, -0.1) is 10.2 Å². The minimum atomic E-state index is -4.13. The third-order valence-corrected chi connectivity index (χ3v) is 6.42. The van der Waals surface area contributed by atoms with Gasteiger partial charge in [-0.1, -0.05) is 17.7 Å². The molecule has 0 saturated heterocycles. The summed E-state index contributed by atoms with van der Waals surface area (Å²) >= 11 is 5.82. The number of hydrogen-bond acceptors (Lipinski definition) is 9. The zero-order valence-corrected chi connectivity index (χ0v) is 20.5. The first-order chi connectivity index (χ1) is 16.7. The predicted octanol–water partition coefficient (Wildman–Crippen LogP) is 2.21. The number of aromatic nitrogens is 6. The predicted molar refractivity (Wildman–Crippen MR) is 128 cm³/mol. The lowest BCUT2D eigenvalue weighted by molar-refractivity contribution is 0.197. The molecule has 4 aromatic rings. The number of ether oxygens (including phenoxy) is 2. The van der Waals surface area contributed by atoms with E-state index in [1.165, 1.54) is 37.1 Å². The summed E-state index contributed by atoms with van der Waals surface area (Å²) in [6, 6.07) is 9.77. The van der Waals surface area contributed by atoms with Crippen molar-refractivity contribution in [1.29, 1.82) is 0 Å². The molecule has 0 aliphatic heterocycles. The molecule has 0 spiro atoms. The largest absolute Gasteiger partial charge is 0.494 e. The number of anilines is 1. The maximum absolute atomic E-state index is 13.0. The summed E-state index contributed by atoms with van der Waals surface area (Å²) < 4.78 is 42.4. The second-order valence-electron chi connectivity index (χ2n) is 7.37. The van der Waals surface area contributed by atoms with Crippen molar-refractivity contribution in [1.82, 2.24) is 29.5 Å². The highest BCUT2D eigenvalue weighted by Crippen LogP contribution is 2.37. The van der Waals surface area contributed by atoms with Crippen molar-refractivity contribution in [2.45, 2.75) is 6.10 Å². The lowest BCUT2D eigenvalue weighted by atomic mass is 10.2. The smallest absolute Gasteiger partial charge is 0.243 e. The zero-order valence-electron chi connectivity index (χ0n) is 19.0. The third kappa shape index (κ3) is 5.21. The molecule has 14 heteroatoms. The van der Waals surface area contributed by atoms with Gasteiger partial charge in [0.15, 0.2) is 5.82 Å². The number of benzene rings is 1. The number of hydrogen-bond donors (Lipinski definition) is 2. The summed E-state index contributed by atoms with van der Waals surface area (Å²) in [4.78, 5) is 3.98. The molecule has 0 saturated carbocycles. The van der Waals surface area contributed by atoms with E-state index in [1.807, 2.05) is 0 Å². The van der Waals surface area contributed by atoms with Gasteiger partial charge in [0.25, 0.3) is 0 Å². The Bertz CT molecular complexity index is 1410. The van der Waals surface area contributed by atoms with Gasteiger partial charge < -0.3 is 14.6 Å². The molecule has 1 atom stereocenters. The van der Waals surface area contributed by atoms with Gasteiger partial charge in [-0.2, -0.15) is 5.10 Å². The van der Waals surface area contributed by atoms with E-state index in [0.29, 0.717) is 27.9 Å². The van der Waals surface area contributed by atoms with Crippen LogP contribution in [-0.2, 0) is 17.1 Å². The van der Waals surface area contributed by atoms with Crippen LogP contribution in [0.3, 0.4) is 0 Å². The minimum absolute atomic E-state index is 0.148. The van der Waals surface area contributed by atoms with Crippen LogP contribution in [0.25, 0.3) is 17.2 Å². The van der Waals surface area contributed by atoms with Gasteiger partial charge in [0.1, 0.15) is 34.7 Å². The summed E-state index contributed by atoms with van der Waals surface area (Å²) in [5, 5.41) is 23.4. The van der Waals surface area contributed by atoms with E-state index >= 15 is 0 Å². The molecule has 12 nitrogen and oxygen atoms in total. The Labute approximate surface area is 206 Å². The molecule has 2 N–H and O–H groups in total. The molecule has 1 aromatic carbocycles. The lowest BCUT2D eigenvalue weighted by Gasteiger charge is -2.17. The van der Waals surface area contributed by atoms with Gasteiger partial charge in [0, 0.05) is 19.4 Å². The molecule has 0 bridgehead atoms. The van der Waals surface area contributed by atoms with E-state index < -0.39 is 21.9 Å².